The van der Waals surface area contributed by atoms with Crippen molar-refractivity contribution in [3.8, 4) is 0 Å². The fourth-order valence-electron chi connectivity index (χ4n) is 4.41. The van der Waals surface area contributed by atoms with Crippen molar-refractivity contribution in [1.82, 2.24) is 15.1 Å². The Morgan fingerprint density at radius 2 is 2.05 bits per heavy atom. The largest absolute Gasteiger partial charge is 0.312 e. The number of nitrogens with one attached hydrogen (secondary N) is 1. The SMILES string of the molecule is CN1C2CCC1CN(Cc1ccc3c(c1)CNCC3)CC2. The summed E-state index contributed by atoms with van der Waals surface area (Å²) in [4.78, 5) is 5.31. The molecule has 3 heteroatoms. The molecule has 2 unspecified atom stereocenters. The Hall–Kier alpha value is -0.900. The van der Waals surface area contributed by atoms with Crippen molar-refractivity contribution in [3.05, 3.63) is 34.9 Å². The van der Waals surface area contributed by atoms with Gasteiger partial charge in [0.2, 0.25) is 0 Å². The molecule has 0 radical (unpaired) electrons. The van der Waals surface area contributed by atoms with E-state index in [1.165, 1.54) is 49.9 Å². The van der Waals surface area contributed by atoms with Crippen LogP contribution in [0.3, 0.4) is 0 Å². The number of benzene rings is 1. The second-order valence-electron chi connectivity index (χ2n) is 7.10. The van der Waals surface area contributed by atoms with Gasteiger partial charge in [-0.1, -0.05) is 18.2 Å². The molecule has 0 amide bonds. The molecule has 0 aromatic heterocycles. The van der Waals surface area contributed by atoms with Gasteiger partial charge >= 0.3 is 0 Å². The van der Waals surface area contributed by atoms with E-state index in [1.54, 1.807) is 5.56 Å². The van der Waals surface area contributed by atoms with E-state index in [0.29, 0.717) is 0 Å². The summed E-state index contributed by atoms with van der Waals surface area (Å²) in [5.41, 5.74) is 4.57. The lowest BCUT2D eigenvalue weighted by molar-refractivity contribution is 0.214. The molecule has 114 valence electrons. The van der Waals surface area contributed by atoms with Crippen molar-refractivity contribution < 1.29 is 0 Å². The summed E-state index contributed by atoms with van der Waals surface area (Å²) in [6.45, 7) is 5.83. The van der Waals surface area contributed by atoms with Gasteiger partial charge in [0.25, 0.3) is 0 Å². The van der Waals surface area contributed by atoms with Gasteiger partial charge in [0.1, 0.15) is 0 Å². The molecular formula is C18H27N3. The zero-order valence-corrected chi connectivity index (χ0v) is 13.1. The Bertz CT molecular complexity index is 513. The average Bonchev–Trinajstić information content (AvgIpc) is 2.75. The van der Waals surface area contributed by atoms with Crippen molar-refractivity contribution in [2.45, 2.75) is 50.9 Å². The molecule has 2 saturated heterocycles. The summed E-state index contributed by atoms with van der Waals surface area (Å²) >= 11 is 0. The highest BCUT2D eigenvalue weighted by Crippen LogP contribution is 2.29. The number of likely N-dealkylation sites (N-methyl/N-ethyl adjacent to an activating group) is 1. The minimum atomic E-state index is 0.789. The van der Waals surface area contributed by atoms with Gasteiger partial charge in [0, 0.05) is 38.3 Å². The molecule has 0 aliphatic carbocycles. The third kappa shape index (κ3) is 2.75. The molecule has 3 heterocycles. The highest BCUT2D eigenvalue weighted by molar-refractivity contribution is 5.33. The first kappa shape index (κ1) is 13.7. The molecule has 0 saturated carbocycles. The number of hydrogen-bond acceptors (Lipinski definition) is 3. The summed E-state index contributed by atoms with van der Waals surface area (Å²) in [7, 11) is 2.33. The molecule has 4 rings (SSSR count). The molecule has 1 N–H and O–H groups in total. The zero-order chi connectivity index (χ0) is 14.2. The lowest BCUT2D eigenvalue weighted by Gasteiger charge is -2.26. The van der Waals surface area contributed by atoms with Crippen LogP contribution in [-0.2, 0) is 19.5 Å². The van der Waals surface area contributed by atoms with E-state index >= 15 is 0 Å². The summed E-state index contributed by atoms with van der Waals surface area (Å²) in [6, 6.07) is 8.79. The van der Waals surface area contributed by atoms with E-state index in [0.717, 1.165) is 31.7 Å². The topological polar surface area (TPSA) is 18.5 Å². The molecule has 2 atom stereocenters. The van der Waals surface area contributed by atoms with Gasteiger partial charge < -0.3 is 5.32 Å². The zero-order valence-electron chi connectivity index (χ0n) is 13.1. The third-order valence-corrected chi connectivity index (χ3v) is 5.80. The maximum absolute atomic E-state index is 3.49. The van der Waals surface area contributed by atoms with Crippen LogP contribution in [0.25, 0.3) is 0 Å². The molecule has 2 fully saturated rings. The number of hydrogen-bond donors (Lipinski definition) is 1. The van der Waals surface area contributed by atoms with Crippen LogP contribution in [-0.4, -0.2) is 48.6 Å². The van der Waals surface area contributed by atoms with E-state index < -0.39 is 0 Å². The van der Waals surface area contributed by atoms with Gasteiger partial charge in [-0.05, 0) is 56.0 Å². The lowest BCUT2D eigenvalue weighted by Crippen LogP contribution is -2.36. The van der Waals surface area contributed by atoms with Crippen molar-refractivity contribution in [2.24, 2.45) is 0 Å². The van der Waals surface area contributed by atoms with E-state index in [2.05, 4.69) is 40.4 Å². The first-order valence-electron chi connectivity index (χ1n) is 8.55. The van der Waals surface area contributed by atoms with Gasteiger partial charge in [0.05, 0.1) is 0 Å². The van der Waals surface area contributed by atoms with E-state index in [1.807, 2.05) is 0 Å². The predicted molar refractivity (Wildman–Crippen MR) is 86.3 cm³/mol. The van der Waals surface area contributed by atoms with Gasteiger partial charge in [-0.25, -0.2) is 0 Å². The molecule has 2 bridgehead atoms. The van der Waals surface area contributed by atoms with Crippen molar-refractivity contribution in [3.63, 3.8) is 0 Å². The molecule has 0 spiro atoms. The summed E-state index contributed by atoms with van der Waals surface area (Å²) in [5.74, 6) is 0. The number of rotatable bonds is 2. The Kier molecular flexibility index (Phi) is 3.74. The first-order valence-corrected chi connectivity index (χ1v) is 8.55. The first-order chi connectivity index (χ1) is 10.3. The molecule has 1 aromatic carbocycles. The molecule has 1 aromatic rings. The minimum absolute atomic E-state index is 0.789. The highest BCUT2D eigenvalue weighted by atomic mass is 15.3. The fraction of sp³-hybridized carbons (Fsp3) is 0.667. The van der Waals surface area contributed by atoms with Crippen LogP contribution in [0.5, 0.6) is 0 Å². The summed E-state index contributed by atoms with van der Waals surface area (Å²) in [5, 5.41) is 3.49. The Morgan fingerprint density at radius 3 is 3.00 bits per heavy atom. The maximum Gasteiger partial charge on any atom is 0.0234 e. The Balaban J connectivity index is 1.46. The molecule has 3 nitrogen and oxygen atoms in total. The quantitative estimate of drug-likeness (QED) is 0.896. The third-order valence-electron chi connectivity index (χ3n) is 5.80. The molecular weight excluding hydrogens is 258 g/mol. The smallest absolute Gasteiger partial charge is 0.0234 e. The van der Waals surface area contributed by atoms with Crippen LogP contribution in [0.15, 0.2) is 18.2 Å². The maximum atomic E-state index is 3.49. The van der Waals surface area contributed by atoms with Crippen LogP contribution < -0.4 is 5.32 Å². The average molecular weight is 285 g/mol. The van der Waals surface area contributed by atoms with Gasteiger partial charge in [0.15, 0.2) is 0 Å². The van der Waals surface area contributed by atoms with Gasteiger partial charge in [-0.2, -0.15) is 0 Å². The van der Waals surface area contributed by atoms with Crippen molar-refractivity contribution in [2.75, 3.05) is 26.7 Å². The second-order valence-corrected chi connectivity index (χ2v) is 7.10. The fourth-order valence-corrected chi connectivity index (χ4v) is 4.41. The van der Waals surface area contributed by atoms with E-state index in [-0.39, 0.29) is 0 Å². The monoisotopic (exact) mass is 285 g/mol. The number of fused-ring (bicyclic) bond motifs is 3. The Morgan fingerprint density at radius 1 is 1.14 bits per heavy atom. The van der Waals surface area contributed by atoms with E-state index in [4.69, 9.17) is 0 Å². The molecule has 3 aliphatic heterocycles. The van der Waals surface area contributed by atoms with Crippen LogP contribution in [0, 0.1) is 0 Å². The van der Waals surface area contributed by atoms with Gasteiger partial charge in [-0.3, -0.25) is 9.80 Å². The molecule has 21 heavy (non-hydrogen) atoms. The van der Waals surface area contributed by atoms with E-state index in [9.17, 15) is 0 Å². The summed E-state index contributed by atoms with van der Waals surface area (Å²) < 4.78 is 0. The van der Waals surface area contributed by atoms with Crippen LogP contribution in [0.2, 0.25) is 0 Å². The lowest BCUT2D eigenvalue weighted by atomic mass is 9.98. The minimum Gasteiger partial charge on any atom is -0.312 e. The van der Waals surface area contributed by atoms with Crippen LogP contribution in [0.1, 0.15) is 36.0 Å². The van der Waals surface area contributed by atoms with Crippen LogP contribution in [0.4, 0.5) is 0 Å². The number of likely N-dealkylation sites (tertiary alicyclic amines) is 1. The predicted octanol–water partition coefficient (Wildman–Crippen LogP) is 2.00. The Labute approximate surface area is 128 Å². The number of nitrogens with zero attached hydrogens (tertiary/aromatic N) is 2. The second kappa shape index (κ2) is 5.71. The summed E-state index contributed by atoms with van der Waals surface area (Å²) in [6.07, 6.45) is 5.35. The highest BCUT2D eigenvalue weighted by Gasteiger charge is 2.34. The standard InChI is InChI=1S/C18H27N3/c1-20-17-4-5-18(20)13-21(9-7-17)12-14-2-3-15-6-8-19-11-16(15)10-14/h2-3,10,17-19H,4-9,11-13H2,1H3. The normalized spacial score (nSPS) is 30.1. The van der Waals surface area contributed by atoms with Crippen LogP contribution >= 0.6 is 0 Å². The molecule has 3 aliphatic rings. The van der Waals surface area contributed by atoms with Gasteiger partial charge in [-0.15, -0.1) is 0 Å². The van der Waals surface area contributed by atoms with Crippen molar-refractivity contribution in [1.29, 1.82) is 0 Å². The van der Waals surface area contributed by atoms with Crippen molar-refractivity contribution >= 4 is 0 Å².